The number of ether oxygens (including phenoxy) is 2. The second-order valence-corrected chi connectivity index (χ2v) is 8.23. The Hall–Kier alpha value is -3.28. The summed E-state index contributed by atoms with van der Waals surface area (Å²) in [5, 5.41) is 11.3. The number of hydrogen-bond acceptors (Lipinski definition) is 5. The lowest BCUT2D eigenvalue weighted by molar-refractivity contribution is -0.139. The highest BCUT2D eigenvalue weighted by molar-refractivity contribution is 6.46. The molecule has 1 amide bonds. The second-order valence-electron chi connectivity index (χ2n) is 8.23. The van der Waals surface area contributed by atoms with Crippen LogP contribution in [0.15, 0.2) is 48.0 Å². The average Bonchev–Trinajstić information content (AvgIpc) is 3.06. The molecule has 1 aliphatic heterocycles. The maximum atomic E-state index is 13.1. The molecule has 1 atom stereocenters. The summed E-state index contributed by atoms with van der Waals surface area (Å²) in [5.74, 6) is -0.309. The number of aliphatic hydroxyl groups excluding tert-OH is 1. The van der Waals surface area contributed by atoms with E-state index in [0.29, 0.717) is 29.5 Å². The van der Waals surface area contributed by atoms with Gasteiger partial charge < -0.3 is 19.5 Å². The maximum absolute atomic E-state index is 13.1. The zero-order chi connectivity index (χ0) is 23.4. The lowest BCUT2D eigenvalue weighted by Crippen LogP contribution is -2.30. The fraction of sp³-hybridized carbons (Fsp3) is 0.385. The van der Waals surface area contributed by atoms with E-state index in [9.17, 15) is 14.7 Å². The molecule has 0 saturated carbocycles. The number of hydrogen-bond donors (Lipinski definition) is 1. The number of likely N-dealkylation sites (tertiary alicyclic amines) is 1. The lowest BCUT2D eigenvalue weighted by Gasteiger charge is -2.25. The van der Waals surface area contributed by atoms with Crippen molar-refractivity contribution in [1.29, 1.82) is 0 Å². The predicted molar refractivity (Wildman–Crippen MR) is 124 cm³/mol. The summed E-state index contributed by atoms with van der Waals surface area (Å²) in [6, 6.07) is 12.2. The number of Topliss-reactive ketones (excluding diaryl/α,β-unsaturated/α-hetero) is 1. The summed E-state index contributed by atoms with van der Waals surface area (Å²) in [4.78, 5) is 27.7. The fourth-order valence-corrected chi connectivity index (χ4v) is 3.99. The highest BCUT2D eigenvalue weighted by Gasteiger charge is 2.46. The van der Waals surface area contributed by atoms with Crippen molar-refractivity contribution < 1.29 is 24.2 Å². The fourth-order valence-electron chi connectivity index (χ4n) is 3.99. The van der Waals surface area contributed by atoms with E-state index in [2.05, 4.69) is 13.8 Å². The van der Waals surface area contributed by atoms with Crippen LogP contribution in [-0.4, -0.2) is 42.5 Å². The number of unbranched alkanes of at least 4 members (excludes halogenated alkanes) is 1. The van der Waals surface area contributed by atoms with E-state index in [1.165, 1.54) is 14.2 Å². The molecule has 32 heavy (non-hydrogen) atoms. The van der Waals surface area contributed by atoms with Crippen molar-refractivity contribution in [3.63, 3.8) is 0 Å². The van der Waals surface area contributed by atoms with Gasteiger partial charge in [0.15, 0.2) is 0 Å². The summed E-state index contributed by atoms with van der Waals surface area (Å²) in [6.07, 6.45) is 1.64. The van der Waals surface area contributed by atoms with E-state index in [0.717, 1.165) is 24.0 Å². The summed E-state index contributed by atoms with van der Waals surface area (Å²) in [5.41, 5.74) is 2.32. The summed E-state index contributed by atoms with van der Waals surface area (Å²) < 4.78 is 10.7. The number of aliphatic hydroxyl groups is 1. The van der Waals surface area contributed by atoms with E-state index in [1.807, 2.05) is 31.2 Å². The first-order chi connectivity index (χ1) is 15.3. The average molecular weight is 438 g/mol. The molecule has 2 aromatic rings. The van der Waals surface area contributed by atoms with Crippen molar-refractivity contribution in [2.45, 2.75) is 45.6 Å². The molecule has 1 N–H and O–H groups in total. The van der Waals surface area contributed by atoms with Gasteiger partial charge in [-0.25, -0.2) is 0 Å². The van der Waals surface area contributed by atoms with Crippen LogP contribution in [0, 0.1) is 0 Å². The summed E-state index contributed by atoms with van der Waals surface area (Å²) in [7, 11) is 3.01. The van der Waals surface area contributed by atoms with Gasteiger partial charge in [0.25, 0.3) is 11.7 Å². The maximum Gasteiger partial charge on any atom is 0.295 e. The topological polar surface area (TPSA) is 76.1 Å². The van der Waals surface area contributed by atoms with Gasteiger partial charge in [-0.2, -0.15) is 0 Å². The van der Waals surface area contributed by atoms with E-state index in [4.69, 9.17) is 9.47 Å². The number of benzene rings is 2. The second kappa shape index (κ2) is 9.90. The van der Waals surface area contributed by atoms with Crippen LogP contribution in [0.25, 0.3) is 5.76 Å². The number of carbonyl (C=O) groups excluding carboxylic acids is 2. The van der Waals surface area contributed by atoms with Gasteiger partial charge in [-0.1, -0.05) is 51.5 Å². The molecular formula is C26H31NO5. The van der Waals surface area contributed by atoms with Crippen molar-refractivity contribution in [2.75, 3.05) is 20.8 Å². The minimum Gasteiger partial charge on any atom is -0.507 e. The smallest absolute Gasteiger partial charge is 0.295 e. The molecule has 3 rings (SSSR count). The molecule has 6 heteroatoms. The number of ketones is 1. The van der Waals surface area contributed by atoms with Crippen LogP contribution in [0.2, 0.25) is 0 Å². The molecule has 1 unspecified atom stereocenters. The number of methoxy groups -OCH3 is 2. The molecule has 1 fully saturated rings. The Morgan fingerprint density at radius 1 is 1.06 bits per heavy atom. The third-order valence-electron chi connectivity index (χ3n) is 5.87. The van der Waals surface area contributed by atoms with Crippen molar-refractivity contribution >= 4 is 17.4 Å². The quantitative estimate of drug-likeness (QED) is 0.355. The predicted octanol–water partition coefficient (Wildman–Crippen LogP) is 5.05. The van der Waals surface area contributed by atoms with Gasteiger partial charge in [-0.3, -0.25) is 9.59 Å². The SMILES string of the molecule is CCCCN1C(=O)C(=O)/C(=C(/O)c2cc(OC)ccc2OC)C1c1ccc(C(C)C)cc1. The molecule has 6 nitrogen and oxygen atoms in total. The largest absolute Gasteiger partial charge is 0.507 e. The van der Waals surface area contributed by atoms with Crippen LogP contribution < -0.4 is 9.47 Å². The molecule has 2 aromatic carbocycles. The molecule has 0 radical (unpaired) electrons. The van der Waals surface area contributed by atoms with Gasteiger partial charge in [0, 0.05) is 6.54 Å². The molecule has 1 saturated heterocycles. The van der Waals surface area contributed by atoms with E-state index >= 15 is 0 Å². The lowest BCUT2D eigenvalue weighted by atomic mass is 9.93. The minimum absolute atomic E-state index is 0.0648. The number of rotatable bonds is 8. The molecule has 170 valence electrons. The molecule has 0 aliphatic carbocycles. The van der Waals surface area contributed by atoms with E-state index < -0.39 is 17.7 Å². The summed E-state index contributed by atoms with van der Waals surface area (Å²) >= 11 is 0. The molecular weight excluding hydrogens is 406 g/mol. The van der Waals surface area contributed by atoms with Gasteiger partial charge in [-0.15, -0.1) is 0 Å². The minimum atomic E-state index is -0.693. The van der Waals surface area contributed by atoms with Gasteiger partial charge >= 0.3 is 0 Å². The van der Waals surface area contributed by atoms with Gasteiger partial charge in [0.2, 0.25) is 0 Å². The number of carbonyl (C=O) groups is 2. The first-order valence-electron chi connectivity index (χ1n) is 10.9. The normalized spacial score (nSPS) is 17.8. The third-order valence-corrected chi connectivity index (χ3v) is 5.87. The Balaban J connectivity index is 2.20. The summed E-state index contributed by atoms with van der Waals surface area (Å²) in [6.45, 7) is 6.68. The molecule has 1 aliphatic rings. The highest BCUT2D eigenvalue weighted by Crippen LogP contribution is 2.42. The van der Waals surface area contributed by atoms with Crippen LogP contribution in [-0.2, 0) is 9.59 Å². The zero-order valence-electron chi connectivity index (χ0n) is 19.3. The van der Waals surface area contributed by atoms with Crippen LogP contribution in [0.4, 0.5) is 0 Å². The van der Waals surface area contributed by atoms with Crippen LogP contribution >= 0.6 is 0 Å². The number of nitrogens with zero attached hydrogens (tertiary/aromatic N) is 1. The molecule has 1 heterocycles. The highest BCUT2D eigenvalue weighted by atomic mass is 16.5. The Morgan fingerprint density at radius 3 is 2.31 bits per heavy atom. The standard InChI is InChI=1S/C26H31NO5/c1-6-7-14-27-23(18-10-8-17(9-11-18)16(2)3)22(25(29)26(27)30)24(28)20-15-19(31-4)12-13-21(20)32-5/h8-13,15-16,23,28H,6-7,14H2,1-5H3/b24-22+. The van der Waals surface area contributed by atoms with Crippen LogP contribution in [0.5, 0.6) is 11.5 Å². The van der Waals surface area contributed by atoms with E-state index in [1.54, 1.807) is 23.1 Å². The monoisotopic (exact) mass is 437 g/mol. The van der Waals surface area contributed by atoms with Crippen molar-refractivity contribution in [3.05, 3.63) is 64.7 Å². The molecule has 0 spiro atoms. The Bertz CT molecular complexity index is 1020. The van der Waals surface area contributed by atoms with Gasteiger partial charge in [0.1, 0.15) is 17.3 Å². The zero-order valence-corrected chi connectivity index (χ0v) is 19.3. The molecule has 0 bridgehead atoms. The van der Waals surface area contributed by atoms with Crippen molar-refractivity contribution in [3.8, 4) is 11.5 Å². The Labute approximate surface area is 189 Å². The third kappa shape index (κ3) is 4.35. The Morgan fingerprint density at radius 2 is 1.75 bits per heavy atom. The van der Waals surface area contributed by atoms with E-state index in [-0.39, 0.29) is 11.3 Å². The first kappa shape index (κ1) is 23.4. The van der Waals surface area contributed by atoms with Crippen molar-refractivity contribution in [1.82, 2.24) is 4.90 Å². The molecule has 0 aromatic heterocycles. The first-order valence-corrected chi connectivity index (χ1v) is 10.9. The van der Waals surface area contributed by atoms with Gasteiger partial charge in [-0.05, 0) is 41.7 Å². The Kier molecular flexibility index (Phi) is 7.23. The van der Waals surface area contributed by atoms with Crippen LogP contribution in [0.3, 0.4) is 0 Å². The van der Waals surface area contributed by atoms with Crippen molar-refractivity contribution in [2.24, 2.45) is 0 Å². The van der Waals surface area contributed by atoms with Crippen LogP contribution in [0.1, 0.15) is 62.3 Å². The van der Waals surface area contributed by atoms with Gasteiger partial charge in [0.05, 0.1) is 31.4 Å². The number of amides is 1.